The molecule has 2 N–H and O–H groups in total. The van der Waals surface area contributed by atoms with Crippen LogP contribution in [-0.4, -0.2) is 9.97 Å². The molecular formula is C13H10ClN3OS. The molecule has 0 amide bonds. The predicted molar refractivity (Wildman–Crippen MR) is 75.3 cm³/mol. The SMILES string of the molecule is NCc1ccnc(Sc2nc3ccccc3o2)c1Cl. The molecular weight excluding hydrogens is 282 g/mol. The summed E-state index contributed by atoms with van der Waals surface area (Å²) in [4.78, 5) is 8.60. The fourth-order valence-corrected chi connectivity index (χ4v) is 2.75. The minimum absolute atomic E-state index is 0.377. The van der Waals surface area contributed by atoms with Crippen molar-refractivity contribution >= 4 is 34.5 Å². The van der Waals surface area contributed by atoms with Gasteiger partial charge in [-0.15, -0.1) is 0 Å². The Morgan fingerprint density at radius 3 is 2.89 bits per heavy atom. The van der Waals surface area contributed by atoms with Crippen molar-refractivity contribution in [3.8, 4) is 0 Å². The second-order valence-corrected chi connectivity index (χ2v) is 5.16. The normalized spacial score (nSPS) is 11.1. The summed E-state index contributed by atoms with van der Waals surface area (Å²) in [6, 6.07) is 9.40. The van der Waals surface area contributed by atoms with Crippen LogP contribution in [0.4, 0.5) is 0 Å². The number of para-hydroxylation sites is 2. The van der Waals surface area contributed by atoms with Gasteiger partial charge in [0.05, 0.1) is 5.02 Å². The van der Waals surface area contributed by atoms with Crippen LogP contribution in [0, 0.1) is 0 Å². The van der Waals surface area contributed by atoms with E-state index in [0.29, 0.717) is 21.8 Å². The van der Waals surface area contributed by atoms with E-state index in [2.05, 4.69) is 9.97 Å². The maximum atomic E-state index is 6.22. The van der Waals surface area contributed by atoms with E-state index >= 15 is 0 Å². The molecule has 0 aliphatic heterocycles. The molecule has 0 spiro atoms. The summed E-state index contributed by atoms with van der Waals surface area (Å²) in [6.45, 7) is 0.377. The molecule has 0 aliphatic rings. The summed E-state index contributed by atoms with van der Waals surface area (Å²) < 4.78 is 5.62. The van der Waals surface area contributed by atoms with Crippen LogP contribution >= 0.6 is 23.4 Å². The number of pyridine rings is 1. The van der Waals surface area contributed by atoms with E-state index in [1.54, 1.807) is 12.3 Å². The third kappa shape index (κ3) is 2.45. The second kappa shape index (κ2) is 5.21. The molecule has 2 heterocycles. The summed E-state index contributed by atoms with van der Waals surface area (Å²) in [6.07, 6.45) is 1.68. The highest BCUT2D eigenvalue weighted by atomic mass is 35.5. The molecule has 3 aromatic rings. The summed E-state index contributed by atoms with van der Waals surface area (Å²) in [5, 5.41) is 1.72. The molecule has 4 nitrogen and oxygen atoms in total. The van der Waals surface area contributed by atoms with E-state index in [9.17, 15) is 0 Å². The first-order valence-electron chi connectivity index (χ1n) is 5.65. The van der Waals surface area contributed by atoms with Crippen molar-refractivity contribution in [1.82, 2.24) is 9.97 Å². The highest BCUT2D eigenvalue weighted by molar-refractivity contribution is 7.99. The van der Waals surface area contributed by atoms with Gasteiger partial charge in [-0.1, -0.05) is 23.7 Å². The Balaban J connectivity index is 1.96. The Morgan fingerprint density at radius 1 is 1.26 bits per heavy atom. The van der Waals surface area contributed by atoms with E-state index in [0.717, 1.165) is 16.7 Å². The number of oxazole rings is 1. The van der Waals surface area contributed by atoms with Crippen molar-refractivity contribution in [1.29, 1.82) is 0 Å². The molecule has 0 fully saturated rings. The molecule has 6 heteroatoms. The highest BCUT2D eigenvalue weighted by Crippen LogP contribution is 2.34. The molecule has 0 saturated carbocycles. The number of benzene rings is 1. The lowest BCUT2D eigenvalue weighted by Gasteiger charge is -2.03. The highest BCUT2D eigenvalue weighted by Gasteiger charge is 2.12. The number of rotatable bonds is 3. The van der Waals surface area contributed by atoms with Crippen LogP contribution in [0.1, 0.15) is 5.56 Å². The molecule has 0 atom stereocenters. The van der Waals surface area contributed by atoms with Crippen LogP contribution in [0.5, 0.6) is 0 Å². The van der Waals surface area contributed by atoms with Crippen molar-refractivity contribution < 1.29 is 4.42 Å². The standard InChI is InChI=1S/C13H10ClN3OS/c14-11-8(7-15)5-6-16-12(11)19-13-17-9-3-1-2-4-10(9)18-13/h1-6H,7,15H2. The minimum Gasteiger partial charge on any atom is -0.431 e. The number of halogens is 1. The Hall–Kier alpha value is -1.56. The van der Waals surface area contributed by atoms with Crippen molar-refractivity contribution in [2.45, 2.75) is 16.8 Å². The number of aromatic nitrogens is 2. The van der Waals surface area contributed by atoms with E-state index < -0.39 is 0 Å². The maximum absolute atomic E-state index is 6.22. The van der Waals surface area contributed by atoms with Gasteiger partial charge in [-0.2, -0.15) is 0 Å². The molecule has 0 unspecified atom stereocenters. The van der Waals surface area contributed by atoms with Crippen LogP contribution in [0.2, 0.25) is 5.02 Å². The number of nitrogens with two attached hydrogens (primary N) is 1. The molecule has 19 heavy (non-hydrogen) atoms. The summed E-state index contributed by atoms with van der Waals surface area (Å²) >= 11 is 7.52. The molecule has 3 rings (SSSR count). The smallest absolute Gasteiger partial charge is 0.263 e. The Labute approximate surface area is 119 Å². The average Bonchev–Trinajstić information content (AvgIpc) is 2.83. The molecule has 1 aromatic carbocycles. The average molecular weight is 292 g/mol. The molecule has 0 aliphatic carbocycles. The Bertz CT molecular complexity index is 696. The molecule has 2 aromatic heterocycles. The lowest BCUT2D eigenvalue weighted by molar-refractivity contribution is 0.489. The summed E-state index contributed by atoms with van der Waals surface area (Å²) in [7, 11) is 0. The van der Waals surface area contributed by atoms with Gasteiger partial charge in [0, 0.05) is 12.7 Å². The zero-order valence-electron chi connectivity index (χ0n) is 9.84. The molecule has 0 radical (unpaired) electrons. The fourth-order valence-electron chi connectivity index (χ4n) is 1.67. The zero-order valence-corrected chi connectivity index (χ0v) is 11.4. The van der Waals surface area contributed by atoms with Crippen molar-refractivity contribution in [3.63, 3.8) is 0 Å². The number of hydrogen-bond acceptors (Lipinski definition) is 5. The Kier molecular flexibility index (Phi) is 3.42. The monoisotopic (exact) mass is 291 g/mol. The van der Waals surface area contributed by atoms with E-state index in [1.807, 2.05) is 24.3 Å². The summed E-state index contributed by atoms with van der Waals surface area (Å²) in [5.41, 5.74) is 8.03. The third-order valence-corrected chi connectivity index (χ3v) is 4.00. The maximum Gasteiger partial charge on any atom is 0.263 e. The zero-order chi connectivity index (χ0) is 13.2. The van der Waals surface area contributed by atoms with Gasteiger partial charge < -0.3 is 10.2 Å². The van der Waals surface area contributed by atoms with E-state index in [-0.39, 0.29) is 0 Å². The summed E-state index contributed by atoms with van der Waals surface area (Å²) in [5.74, 6) is 0. The lowest BCUT2D eigenvalue weighted by atomic mass is 10.3. The van der Waals surface area contributed by atoms with Crippen LogP contribution < -0.4 is 5.73 Å². The van der Waals surface area contributed by atoms with E-state index in [4.69, 9.17) is 21.8 Å². The van der Waals surface area contributed by atoms with Crippen LogP contribution in [0.15, 0.2) is 51.2 Å². The van der Waals surface area contributed by atoms with Gasteiger partial charge >= 0.3 is 0 Å². The third-order valence-electron chi connectivity index (χ3n) is 2.62. The number of fused-ring (bicyclic) bond motifs is 1. The largest absolute Gasteiger partial charge is 0.431 e. The van der Waals surface area contributed by atoms with Crippen LogP contribution in [-0.2, 0) is 6.54 Å². The van der Waals surface area contributed by atoms with Gasteiger partial charge in [-0.05, 0) is 35.5 Å². The van der Waals surface area contributed by atoms with Crippen molar-refractivity contribution in [2.24, 2.45) is 5.73 Å². The van der Waals surface area contributed by atoms with Crippen molar-refractivity contribution in [2.75, 3.05) is 0 Å². The Morgan fingerprint density at radius 2 is 2.11 bits per heavy atom. The molecule has 0 saturated heterocycles. The van der Waals surface area contributed by atoms with Crippen LogP contribution in [0.3, 0.4) is 0 Å². The quantitative estimate of drug-likeness (QED) is 0.800. The fraction of sp³-hybridized carbons (Fsp3) is 0.0769. The minimum atomic E-state index is 0.377. The van der Waals surface area contributed by atoms with Gasteiger partial charge in [-0.25, -0.2) is 9.97 Å². The second-order valence-electron chi connectivity index (χ2n) is 3.84. The van der Waals surface area contributed by atoms with Gasteiger partial charge in [0.2, 0.25) is 0 Å². The first-order chi connectivity index (χ1) is 9.28. The number of hydrogen-bond donors (Lipinski definition) is 1. The molecule has 0 bridgehead atoms. The number of nitrogens with zero attached hydrogens (tertiary/aromatic N) is 2. The van der Waals surface area contributed by atoms with Gasteiger partial charge in [0.1, 0.15) is 10.5 Å². The van der Waals surface area contributed by atoms with Crippen LogP contribution in [0.25, 0.3) is 11.1 Å². The van der Waals surface area contributed by atoms with Gasteiger partial charge in [0.15, 0.2) is 5.58 Å². The lowest BCUT2D eigenvalue weighted by Crippen LogP contribution is -1.98. The van der Waals surface area contributed by atoms with Gasteiger partial charge in [0.25, 0.3) is 5.22 Å². The van der Waals surface area contributed by atoms with Gasteiger partial charge in [-0.3, -0.25) is 0 Å². The first-order valence-corrected chi connectivity index (χ1v) is 6.84. The van der Waals surface area contributed by atoms with E-state index in [1.165, 1.54) is 11.8 Å². The predicted octanol–water partition coefficient (Wildman–Crippen LogP) is 3.49. The van der Waals surface area contributed by atoms with Crippen molar-refractivity contribution in [3.05, 3.63) is 47.1 Å². The topological polar surface area (TPSA) is 64.9 Å². The first kappa shape index (κ1) is 12.5. The molecule has 96 valence electrons.